The second kappa shape index (κ2) is 7.97. The van der Waals surface area contributed by atoms with Gasteiger partial charge in [-0.25, -0.2) is 0 Å². The molecule has 0 N–H and O–H groups in total. The third-order valence-corrected chi connectivity index (χ3v) is 5.62. The molecule has 0 radical (unpaired) electrons. The third kappa shape index (κ3) is 4.02. The van der Waals surface area contributed by atoms with Crippen molar-refractivity contribution in [1.82, 2.24) is 14.8 Å². The first-order valence-electron chi connectivity index (χ1n) is 8.42. The number of aromatic nitrogens is 1. The van der Waals surface area contributed by atoms with Crippen LogP contribution in [0, 0.1) is 0 Å². The number of rotatable bonds is 5. The summed E-state index contributed by atoms with van der Waals surface area (Å²) in [5.74, 6) is 1.20. The predicted octanol–water partition coefficient (Wildman–Crippen LogP) is 2.86. The Morgan fingerprint density at radius 2 is 2.36 bits per heavy atom. The smallest absolute Gasteiger partial charge is 0.159 e. The maximum atomic E-state index is 4.79. The maximum absolute atomic E-state index is 4.79. The third-order valence-electron chi connectivity index (χ3n) is 4.48. The van der Waals surface area contributed by atoms with Gasteiger partial charge in [-0.15, -0.1) is 0 Å². The van der Waals surface area contributed by atoms with Gasteiger partial charge in [0.15, 0.2) is 5.17 Å². The summed E-state index contributed by atoms with van der Waals surface area (Å²) < 4.78 is 0. The van der Waals surface area contributed by atoms with E-state index in [-0.39, 0.29) is 0 Å². The van der Waals surface area contributed by atoms with Crippen LogP contribution in [-0.4, -0.2) is 57.9 Å². The molecule has 0 saturated carbocycles. The van der Waals surface area contributed by atoms with Crippen LogP contribution in [-0.2, 0) is 6.54 Å². The van der Waals surface area contributed by atoms with Crippen LogP contribution >= 0.6 is 11.8 Å². The lowest BCUT2D eigenvalue weighted by molar-refractivity contribution is 0.221. The Morgan fingerprint density at radius 3 is 3.09 bits per heavy atom. The number of thioether (sulfide) groups is 1. The average molecular weight is 318 g/mol. The summed E-state index contributed by atoms with van der Waals surface area (Å²) in [6, 6.07) is 4.87. The molecule has 4 nitrogen and oxygen atoms in total. The van der Waals surface area contributed by atoms with Crippen molar-refractivity contribution >= 4 is 16.9 Å². The van der Waals surface area contributed by atoms with E-state index in [4.69, 9.17) is 4.99 Å². The quantitative estimate of drug-likeness (QED) is 0.835. The Labute approximate surface area is 138 Å². The fraction of sp³-hybridized carbons (Fsp3) is 0.647. The Balaban J connectivity index is 1.72. The fourth-order valence-electron chi connectivity index (χ4n) is 3.33. The zero-order valence-corrected chi connectivity index (χ0v) is 14.3. The molecule has 22 heavy (non-hydrogen) atoms. The minimum absolute atomic E-state index is 0.673. The molecule has 3 heterocycles. The van der Waals surface area contributed by atoms with Crippen LogP contribution in [0.25, 0.3) is 0 Å². The number of nitrogens with zero attached hydrogens (tertiary/aromatic N) is 4. The van der Waals surface area contributed by atoms with E-state index in [0.717, 1.165) is 26.2 Å². The summed E-state index contributed by atoms with van der Waals surface area (Å²) in [6.45, 7) is 7.68. The highest BCUT2D eigenvalue weighted by Crippen LogP contribution is 2.23. The van der Waals surface area contributed by atoms with Gasteiger partial charge in [-0.05, 0) is 44.0 Å². The predicted molar refractivity (Wildman–Crippen MR) is 94.3 cm³/mol. The van der Waals surface area contributed by atoms with Crippen LogP contribution in [0.15, 0.2) is 29.5 Å². The van der Waals surface area contributed by atoms with Crippen LogP contribution in [0.5, 0.6) is 0 Å². The second-order valence-electron chi connectivity index (χ2n) is 6.03. The van der Waals surface area contributed by atoms with Crippen molar-refractivity contribution in [3.63, 3.8) is 0 Å². The number of hydrogen-bond donors (Lipinski definition) is 0. The van der Waals surface area contributed by atoms with Crippen molar-refractivity contribution in [2.45, 2.75) is 38.8 Å². The van der Waals surface area contributed by atoms with E-state index in [1.807, 2.05) is 30.2 Å². The lowest BCUT2D eigenvalue weighted by atomic mass is 10.2. The van der Waals surface area contributed by atoms with Gasteiger partial charge in [0.05, 0.1) is 0 Å². The molecule has 1 atom stereocenters. The van der Waals surface area contributed by atoms with E-state index in [9.17, 15) is 0 Å². The molecule has 3 rings (SSSR count). The van der Waals surface area contributed by atoms with E-state index in [1.165, 1.54) is 42.3 Å². The maximum Gasteiger partial charge on any atom is 0.159 e. The highest BCUT2D eigenvalue weighted by Gasteiger charge is 2.27. The first kappa shape index (κ1) is 15.8. The zero-order valence-electron chi connectivity index (χ0n) is 13.4. The number of hydrogen-bond acceptors (Lipinski definition) is 5. The normalized spacial score (nSPS) is 22.6. The first-order valence-corrected chi connectivity index (χ1v) is 9.40. The lowest BCUT2D eigenvalue weighted by Crippen LogP contribution is -2.42. The van der Waals surface area contributed by atoms with E-state index >= 15 is 0 Å². The van der Waals surface area contributed by atoms with Gasteiger partial charge >= 0.3 is 0 Å². The lowest BCUT2D eigenvalue weighted by Gasteiger charge is -2.33. The highest BCUT2D eigenvalue weighted by molar-refractivity contribution is 8.13. The summed E-state index contributed by atoms with van der Waals surface area (Å²) in [6.07, 6.45) is 7.68. The Morgan fingerprint density at radius 1 is 1.41 bits per heavy atom. The van der Waals surface area contributed by atoms with Crippen LogP contribution in [0.4, 0.5) is 0 Å². The summed E-state index contributed by atoms with van der Waals surface area (Å²) >= 11 is 1.92. The van der Waals surface area contributed by atoms with Gasteiger partial charge in [0.1, 0.15) is 0 Å². The van der Waals surface area contributed by atoms with E-state index in [0.29, 0.717) is 6.04 Å². The van der Waals surface area contributed by atoms with Crippen LogP contribution in [0.1, 0.15) is 31.7 Å². The molecular formula is C17H26N4S. The molecule has 1 aromatic heterocycles. The average Bonchev–Trinajstić information content (AvgIpc) is 3.03. The molecule has 0 amide bonds. The number of aliphatic imine (C=N–C) groups is 1. The molecule has 1 saturated heterocycles. The van der Waals surface area contributed by atoms with Gasteiger partial charge in [0, 0.05) is 43.8 Å². The van der Waals surface area contributed by atoms with Crippen molar-refractivity contribution in [3.05, 3.63) is 30.1 Å². The van der Waals surface area contributed by atoms with Gasteiger partial charge in [-0.3, -0.25) is 14.9 Å². The number of amidine groups is 1. The van der Waals surface area contributed by atoms with Crippen LogP contribution < -0.4 is 0 Å². The molecule has 0 aromatic carbocycles. The molecule has 5 heteroatoms. The summed E-state index contributed by atoms with van der Waals surface area (Å²) in [5.41, 5.74) is 1.28. The summed E-state index contributed by atoms with van der Waals surface area (Å²) in [7, 11) is 0. The number of likely N-dealkylation sites (tertiary alicyclic amines) is 1. The zero-order chi connectivity index (χ0) is 15.2. The summed E-state index contributed by atoms with van der Waals surface area (Å²) in [4.78, 5) is 14.1. The van der Waals surface area contributed by atoms with Gasteiger partial charge in [-0.1, -0.05) is 24.8 Å². The first-order chi connectivity index (χ1) is 10.9. The SMILES string of the molecule is CCN1CCCC1CN(Cc1cccnc1)C1=NCCCS1. The monoisotopic (exact) mass is 318 g/mol. The van der Waals surface area contributed by atoms with Crippen molar-refractivity contribution in [1.29, 1.82) is 0 Å². The largest absolute Gasteiger partial charge is 0.346 e. The van der Waals surface area contributed by atoms with E-state index < -0.39 is 0 Å². The highest BCUT2D eigenvalue weighted by atomic mass is 32.2. The molecular weight excluding hydrogens is 292 g/mol. The molecule has 0 aliphatic carbocycles. The van der Waals surface area contributed by atoms with Crippen molar-refractivity contribution in [2.75, 3.05) is 31.9 Å². The topological polar surface area (TPSA) is 31.7 Å². The van der Waals surface area contributed by atoms with E-state index in [2.05, 4.69) is 27.8 Å². The molecule has 120 valence electrons. The standard InChI is InChI=1S/C17H26N4S/c1-2-20-10-4-7-16(20)14-21(17-19-9-5-11-22-17)13-15-6-3-8-18-12-15/h3,6,8,12,16H,2,4-5,7,9-11,13-14H2,1H3. The molecule has 1 fully saturated rings. The van der Waals surface area contributed by atoms with E-state index in [1.54, 1.807) is 0 Å². The van der Waals surface area contributed by atoms with Crippen LogP contribution in [0.3, 0.4) is 0 Å². The van der Waals surface area contributed by atoms with Gasteiger partial charge in [0.2, 0.25) is 0 Å². The molecule has 2 aliphatic rings. The molecule has 1 aromatic rings. The Kier molecular flexibility index (Phi) is 5.73. The van der Waals surface area contributed by atoms with Gasteiger partial charge in [0.25, 0.3) is 0 Å². The van der Waals surface area contributed by atoms with Gasteiger partial charge in [-0.2, -0.15) is 0 Å². The Bertz CT molecular complexity index is 491. The van der Waals surface area contributed by atoms with Gasteiger partial charge < -0.3 is 4.90 Å². The minimum Gasteiger partial charge on any atom is -0.346 e. The fourth-order valence-corrected chi connectivity index (χ4v) is 4.29. The molecule has 0 spiro atoms. The van der Waals surface area contributed by atoms with Crippen molar-refractivity contribution in [3.8, 4) is 0 Å². The molecule has 2 aliphatic heterocycles. The van der Waals surface area contributed by atoms with Crippen molar-refractivity contribution in [2.24, 2.45) is 4.99 Å². The second-order valence-corrected chi connectivity index (χ2v) is 7.09. The minimum atomic E-state index is 0.673. The Hall–Kier alpha value is -1.07. The van der Waals surface area contributed by atoms with Crippen LogP contribution in [0.2, 0.25) is 0 Å². The number of pyridine rings is 1. The summed E-state index contributed by atoms with van der Waals surface area (Å²) in [5, 5.41) is 1.23. The molecule has 0 bridgehead atoms. The van der Waals surface area contributed by atoms with Crippen molar-refractivity contribution < 1.29 is 0 Å². The number of likely N-dealkylation sites (N-methyl/N-ethyl adjacent to an activating group) is 1. The molecule has 1 unspecified atom stereocenters.